The molecule has 0 aliphatic heterocycles. The average Bonchev–Trinajstić information content (AvgIpc) is 3.11. The van der Waals surface area contributed by atoms with E-state index in [-0.39, 0.29) is 16.2 Å². The fourth-order valence-corrected chi connectivity index (χ4v) is 2.45. The Hall–Kier alpha value is -0.800. The minimum atomic E-state index is 0.00866. The summed E-state index contributed by atoms with van der Waals surface area (Å²) in [4.78, 5) is 18.3. The van der Waals surface area contributed by atoms with Gasteiger partial charge in [0.25, 0.3) is 5.91 Å². The highest BCUT2D eigenvalue weighted by Crippen LogP contribution is 2.29. The maximum absolute atomic E-state index is 12.5. The number of carbonyl (C=O) groups excluding carboxylic acids is 1. The van der Waals surface area contributed by atoms with Gasteiger partial charge in [-0.1, -0.05) is 37.0 Å². The zero-order valence-electron chi connectivity index (χ0n) is 11.2. The van der Waals surface area contributed by atoms with Gasteiger partial charge in [-0.3, -0.25) is 4.79 Å². The fourth-order valence-electron chi connectivity index (χ4n) is 1.99. The second kappa shape index (κ2) is 6.10. The van der Waals surface area contributed by atoms with E-state index >= 15 is 0 Å². The summed E-state index contributed by atoms with van der Waals surface area (Å²) in [5.41, 5.74) is 0.528. The van der Waals surface area contributed by atoms with Gasteiger partial charge in [0.05, 0.1) is 0 Å². The van der Waals surface area contributed by atoms with Crippen LogP contribution in [-0.2, 0) is 0 Å². The SMILES string of the molecule is CC(C)CCN(C(=O)c1cc(Cl)nc(Cl)c1)C1CC1. The van der Waals surface area contributed by atoms with Gasteiger partial charge in [-0.2, -0.15) is 0 Å². The van der Waals surface area contributed by atoms with Crippen LogP contribution in [0.25, 0.3) is 0 Å². The van der Waals surface area contributed by atoms with E-state index in [1.165, 1.54) is 0 Å². The third-order valence-corrected chi connectivity index (χ3v) is 3.59. The average molecular weight is 301 g/mol. The first kappa shape index (κ1) is 14.6. The van der Waals surface area contributed by atoms with Crippen molar-refractivity contribution in [3.8, 4) is 0 Å². The van der Waals surface area contributed by atoms with Crippen molar-refractivity contribution in [2.75, 3.05) is 6.54 Å². The predicted molar refractivity (Wildman–Crippen MR) is 77.8 cm³/mol. The maximum Gasteiger partial charge on any atom is 0.254 e. The number of rotatable bonds is 5. The molecular formula is C14H18Cl2N2O. The van der Waals surface area contributed by atoms with Gasteiger partial charge in [0, 0.05) is 18.2 Å². The van der Waals surface area contributed by atoms with Crippen molar-refractivity contribution in [3.05, 3.63) is 28.0 Å². The van der Waals surface area contributed by atoms with Crippen LogP contribution in [0, 0.1) is 5.92 Å². The Morgan fingerprint density at radius 1 is 1.37 bits per heavy atom. The van der Waals surface area contributed by atoms with E-state index < -0.39 is 0 Å². The van der Waals surface area contributed by atoms with Gasteiger partial charge in [-0.25, -0.2) is 4.98 Å². The van der Waals surface area contributed by atoms with Crippen LogP contribution >= 0.6 is 23.2 Å². The lowest BCUT2D eigenvalue weighted by Crippen LogP contribution is -2.34. The first-order valence-corrected chi connectivity index (χ1v) is 7.37. The van der Waals surface area contributed by atoms with Crippen LogP contribution in [0.5, 0.6) is 0 Å². The lowest BCUT2D eigenvalue weighted by molar-refractivity contribution is 0.0735. The summed E-state index contributed by atoms with van der Waals surface area (Å²) in [7, 11) is 0. The van der Waals surface area contributed by atoms with Crippen LogP contribution in [0.2, 0.25) is 10.3 Å². The maximum atomic E-state index is 12.5. The summed E-state index contributed by atoms with van der Waals surface area (Å²) >= 11 is 11.7. The largest absolute Gasteiger partial charge is 0.336 e. The Balaban J connectivity index is 2.14. The molecular weight excluding hydrogens is 283 g/mol. The van der Waals surface area contributed by atoms with Crippen molar-refractivity contribution in [2.24, 2.45) is 5.92 Å². The van der Waals surface area contributed by atoms with Gasteiger partial charge in [0.2, 0.25) is 0 Å². The molecule has 5 heteroatoms. The number of hydrogen-bond donors (Lipinski definition) is 0. The molecule has 19 heavy (non-hydrogen) atoms. The molecule has 1 aliphatic rings. The van der Waals surface area contributed by atoms with Gasteiger partial charge < -0.3 is 4.90 Å². The molecule has 1 aromatic rings. The highest BCUT2D eigenvalue weighted by Gasteiger charge is 2.33. The molecule has 0 unspecified atom stereocenters. The third-order valence-electron chi connectivity index (χ3n) is 3.21. The van der Waals surface area contributed by atoms with E-state index in [9.17, 15) is 4.79 Å². The molecule has 2 rings (SSSR count). The summed E-state index contributed by atoms with van der Waals surface area (Å²) in [5.74, 6) is 0.591. The first-order chi connectivity index (χ1) is 8.97. The molecule has 1 aromatic heterocycles. The number of amides is 1. The minimum absolute atomic E-state index is 0.00866. The Morgan fingerprint density at radius 2 is 1.95 bits per heavy atom. The monoisotopic (exact) mass is 300 g/mol. The van der Waals surface area contributed by atoms with E-state index in [2.05, 4.69) is 18.8 Å². The standard InChI is InChI=1S/C14H18Cl2N2O/c1-9(2)5-6-18(11-3-4-11)14(19)10-7-12(15)17-13(16)8-10/h7-9,11H,3-6H2,1-2H3. The number of halogens is 2. The normalized spacial score (nSPS) is 14.8. The number of hydrogen-bond acceptors (Lipinski definition) is 2. The topological polar surface area (TPSA) is 33.2 Å². The van der Waals surface area contributed by atoms with Crippen molar-refractivity contribution >= 4 is 29.1 Å². The predicted octanol–water partition coefficient (Wildman–Crippen LogP) is 4.04. The number of pyridine rings is 1. The number of nitrogens with zero attached hydrogens (tertiary/aromatic N) is 2. The van der Waals surface area contributed by atoms with Gasteiger partial charge in [-0.15, -0.1) is 0 Å². The van der Waals surface area contributed by atoms with Crippen LogP contribution < -0.4 is 0 Å². The van der Waals surface area contributed by atoms with Gasteiger partial charge in [0.15, 0.2) is 0 Å². The molecule has 0 spiro atoms. The van der Waals surface area contributed by atoms with E-state index in [0.29, 0.717) is 17.5 Å². The van der Waals surface area contributed by atoms with E-state index in [1.54, 1.807) is 12.1 Å². The molecule has 1 heterocycles. The molecule has 0 bridgehead atoms. The van der Waals surface area contributed by atoms with Crippen molar-refractivity contribution in [2.45, 2.75) is 39.2 Å². The summed E-state index contributed by atoms with van der Waals surface area (Å²) in [6, 6.07) is 3.55. The van der Waals surface area contributed by atoms with Crippen molar-refractivity contribution in [1.82, 2.24) is 9.88 Å². The Kier molecular flexibility index (Phi) is 4.69. The van der Waals surface area contributed by atoms with Gasteiger partial charge in [0.1, 0.15) is 10.3 Å². The number of aromatic nitrogens is 1. The molecule has 0 aromatic carbocycles. The molecule has 104 valence electrons. The van der Waals surface area contributed by atoms with Gasteiger partial charge in [-0.05, 0) is 37.3 Å². The molecule has 3 nitrogen and oxygen atoms in total. The summed E-state index contributed by atoms with van der Waals surface area (Å²) < 4.78 is 0. The minimum Gasteiger partial charge on any atom is -0.336 e. The summed E-state index contributed by atoms with van der Waals surface area (Å²) in [6.45, 7) is 5.12. The number of carbonyl (C=O) groups is 1. The Labute approximate surface area is 123 Å². The Morgan fingerprint density at radius 3 is 2.42 bits per heavy atom. The molecule has 1 saturated carbocycles. The van der Waals surface area contributed by atoms with E-state index in [4.69, 9.17) is 23.2 Å². The van der Waals surface area contributed by atoms with E-state index in [0.717, 1.165) is 25.8 Å². The highest BCUT2D eigenvalue weighted by molar-refractivity contribution is 6.33. The van der Waals surface area contributed by atoms with Crippen LogP contribution in [0.4, 0.5) is 0 Å². The van der Waals surface area contributed by atoms with E-state index in [1.807, 2.05) is 4.90 Å². The highest BCUT2D eigenvalue weighted by atomic mass is 35.5. The third kappa shape index (κ3) is 4.08. The molecule has 0 saturated heterocycles. The van der Waals surface area contributed by atoms with Gasteiger partial charge >= 0.3 is 0 Å². The lowest BCUT2D eigenvalue weighted by atomic mass is 10.1. The molecule has 0 radical (unpaired) electrons. The zero-order chi connectivity index (χ0) is 14.0. The van der Waals surface area contributed by atoms with Crippen LogP contribution in [-0.4, -0.2) is 28.4 Å². The Bertz CT molecular complexity index is 452. The summed E-state index contributed by atoms with van der Waals surface area (Å²) in [5, 5.41) is 0.519. The fraction of sp³-hybridized carbons (Fsp3) is 0.571. The second-order valence-electron chi connectivity index (χ2n) is 5.41. The smallest absolute Gasteiger partial charge is 0.254 e. The molecule has 1 aliphatic carbocycles. The zero-order valence-corrected chi connectivity index (χ0v) is 12.7. The molecule has 1 amide bonds. The summed E-state index contributed by atoms with van der Waals surface area (Å²) in [6.07, 6.45) is 3.20. The van der Waals surface area contributed by atoms with Crippen molar-refractivity contribution in [1.29, 1.82) is 0 Å². The van der Waals surface area contributed by atoms with Crippen LogP contribution in [0.15, 0.2) is 12.1 Å². The lowest BCUT2D eigenvalue weighted by Gasteiger charge is -2.23. The van der Waals surface area contributed by atoms with Crippen molar-refractivity contribution in [3.63, 3.8) is 0 Å². The van der Waals surface area contributed by atoms with Crippen LogP contribution in [0.1, 0.15) is 43.5 Å². The van der Waals surface area contributed by atoms with Crippen molar-refractivity contribution < 1.29 is 4.79 Å². The quantitative estimate of drug-likeness (QED) is 0.769. The molecule has 0 atom stereocenters. The molecule has 1 fully saturated rings. The first-order valence-electron chi connectivity index (χ1n) is 6.61. The van der Waals surface area contributed by atoms with Crippen LogP contribution in [0.3, 0.4) is 0 Å². The second-order valence-corrected chi connectivity index (χ2v) is 6.19. The molecule has 0 N–H and O–H groups in total.